The maximum atomic E-state index is 13.2. The van der Waals surface area contributed by atoms with Gasteiger partial charge in [-0.1, -0.05) is 57.3 Å². The molecule has 3 aromatic rings. The molecule has 1 heterocycles. The molecule has 0 aliphatic carbocycles. The predicted molar refractivity (Wildman–Crippen MR) is 135 cm³/mol. The summed E-state index contributed by atoms with van der Waals surface area (Å²) in [5.41, 5.74) is 2.21. The molecule has 0 unspecified atom stereocenters. The highest BCUT2D eigenvalue weighted by atomic mass is 79.9. The molecule has 1 fully saturated rings. The lowest BCUT2D eigenvalue weighted by atomic mass is 10.1. The van der Waals surface area contributed by atoms with Crippen LogP contribution in [-0.4, -0.2) is 17.8 Å². The van der Waals surface area contributed by atoms with Gasteiger partial charge in [-0.25, -0.2) is 9.69 Å². The van der Waals surface area contributed by atoms with Crippen LogP contribution >= 0.6 is 39.1 Å². The van der Waals surface area contributed by atoms with Gasteiger partial charge < -0.3 is 4.74 Å². The quantitative estimate of drug-likeness (QED) is 0.293. The van der Waals surface area contributed by atoms with Crippen LogP contribution in [0.2, 0.25) is 10.0 Å². The molecule has 3 aromatic carbocycles. The average Bonchev–Trinajstić information content (AvgIpc) is 2.79. The van der Waals surface area contributed by atoms with Crippen molar-refractivity contribution in [2.24, 2.45) is 0 Å². The predicted octanol–water partition coefficient (Wildman–Crippen LogP) is 6.31. The van der Waals surface area contributed by atoms with Crippen LogP contribution < -0.4 is 15.0 Å². The minimum Gasteiger partial charge on any atom is -0.488 e. The van der Waals surface area contributed by atoms with Gasteiger partial charge in [0, 0.05) is 20.1 Å². The van der Waals surface area contributed by atoms with Crippen molar-refractivity contribution >= 4 is 68.7 Å². The summed E-state index contributed by atoms with van der Waals surface area (Å²) >= 11 is 15.5. The molecule has 4 amide bonds. The number of anilines is 1. The SMILES string of the molecule is Cc1ccc(N2C(=O)NC(=O)/C(=C/c3cc(Br)ccc3OCc3ccc(Cl)cc3)C2=O)cc1Cl. The Bertz CT molecular complexity index is 1340. The van der Waals surface area contributed by atoms with Gasteiger partial charge in [-0.2, -0.15) is 0 Å². The number of amides is 4. The van der Waals surface area contributed by atoms with Crippen LogP contribution in [0.5, 0.6) is 5.75 Å². The van der Waals surface area contributed by atoms with Crippen molar-refractivity contribution in [3.8, 4) is 5.75 Å². The third-order valence-corrected chi connectivity index (χ3v) is 6.25. The van der Waals surface area contributed by atoms with E-state index in [0.717, 1.165) is 20.5 Å². The van der Waals surface area contributed by atoms with Crippen molar-refractivity contribution in [1.82, 2.24) is 5.32 Å². The number of nitrogens with zero attached hydrogens (tertiary/aromatic N) is 1. The number of aryl methyl sites for hydroxylation is 1. The molecule has 6 nitrogen and oxygen atoms in total. The molecule has 172 valence electrons. The number of hydrogen-bond donors (Lipinski definition) is 1. The Morgan fingerprint density at radius 1 is 1.00 bits per heavy atom. The lowest BCUT2D eigenvalue weighted by Crippen LogP contribution is -2.54. The van der Waals surface area contributed by atoms with E-state index in [4.69, 9.17) is 27.9 Å². The van der Waals surface area contributed by atoms with Crippen LogP contribution in [0.4, 0.5) is 10.5 Å². The van der Waals surface area contributed by atoms with Gasteiger partial charge in [0.2, 0.25) is 0 Å². The van der Waals surface area contributed by atoms with E-state index in [1.807, 2.05) is 12.1 Å². The topological polar surface area (TPSA) is 75.7 Å². The summed E-state index contributed by atoms with van der Waals surface area (Å²) in [7, 11) is 0. The summed E-state index contributed by atoms with van der Waals surface area (Å²) in [4.78, 5) is 39.2. The van der Waals surface area contributed by atoms with E-state index >= 15 is 0 Å². The number of hydrogen-bond acceptors (Lipinski definition) is 4. The first-order chi connectivity index (χ1) is 16.2. The van der Waals surface area contributed by atoms with Gasteiger partial charge in [-0.3, -0.25) is 14.9 Å². The minimum absolute atomic E-state index is 0.217. The highest BCUT2D eigenvalue weighted by Gasteiger charge is 2.37. The fourth-order valence-corrected chi connectivity index (χ4v) is 3.95. The van der Waals surface area contributed by atoms with E-state index in [0.29, 0.717) is 21.4 Å². The highest BCUT2D eigenvalue weighted by Crippen LogP contribution is 2.30. The number of halogens is 3. The van der Waals surface area contributed by atoms with Gasteiger partial charge in [0.05, 0.1) is 5.69 Å². The molecule has 0 aromatic heterocycles. The number of nitrogens with one attached hydrogen (secondary N) is 1. The number of carbonyl (C=O) groups is 3. The molecule has 1 aliphatic heterocycles. The van der Waals surface area contributed by atoms with Crippen LogP contribution in [0.1, 0.15) is 16.7 Å². The molecule has 0 spiro atoms. The Hall–Kier alpha value is -3.13. The third-order valence-electron chi connectivity index (χ3n) is 5.09. The molecule has 0 bridgehead atoms. The first kappa shape index (κ1) is 24.0. The van der Waals surface area contributed by atoms with Gasteiger partial charge in [0.1, 0.15) is 17.9 Å². The van der Waals surface area contributed by atoms with E-state index in [-0.39, 0.29) is 17.9 Å². The zero-order valence-corrected chi connectivity index (χ0v) is 20.9. The summed E-state index contributed by atoms with van der Waals surface area (Å²) < 4.78 is 6.66. The second-order valence-corrected chi connectivity index (χ2v) is 9.25. The molecule has 0 saturated carbocycles. The van der Waals surface area contributed by atoms with Gasteiger partial charge in [-0.15, -0.1) is 0 Å². The Morgan fingerprint density at radius 3 is 2.44 bits per heavy atom. The molecular weight excluding hydrogens is 543 g/mol. The molecule has 34 heavy (non-hydrogen) atoms. The summed E-state index contributed by atoms with van der Waals surface area (Å²) in [5.74, 6) is -1.11. The van der Waals surface area contributed by atoms with Crippen molar-refractivity contribution in [2.75, 3.05) is 4.90 Å². The third kappa shape index (κ3) is 5.17. The van der Waals surface area contributed by atoms with E-state index in [1.54, 1.807) is 49.4 Å². The van der Waals surface area contributed by atoms with Crippen molar-refractivity contribution in [3.05, 3.63) is 97.4 Å². The maximum absolute atomic E-state index is 13.2. The minimum atomic E-state index is -0.847. The van der Waals surface area contributed by atoms with Gasteiger partial charge in [0.15, 0.2) is 0 Å². The molecule has 0 radical (unpaired) electrons. The standard InChI is InChI=1S/C25H17BrCl2N2O4/c1-14-2-8-19(12-21(14)28)30-24(32)20(23(31)29-25(30)33)11-16-10-17(26)5-9-22(16)34-13-15-3-6-18(27)7-4-15/h2-12H,13H2,1H3,(H,29,31,33)/b20-11-. The Balaban J connectivity index is 1.67. The molecule has 9 heteroatoms. The van der Waals surface area contributed by atoms with Crippen LogP contribution in [0.3, 0.4) is 0 Å². The van der Waals surface area contributed by atoms with E-state index in [1.165, 1.54) is 12.1 Å². The van der Waals surface area contributed by atoms with Gasteiger partial charge in [0.25, 0.3) is 11.8 Å². The van der Waals surface area contributed by atoms with E-state index in [9.17, 15) is 14.4 Å². The van der Waals surface area contributed by atoms with Crippen molar-refractivity contribution < 1.29 is 19.1 Å². The fourth-order valence-electron chi connectivity index (χ4n) is 3.27. The largest absolute Gasteiger partial charge is 0.488 e. The van der Waals surface area contributed by atoms with Crippen LogP contribution in [0, 0.1) is 6.92 Å². The normalized spacial score (nSPS) is 15.0. The summed E-state index contributed by atoms with van der Waals surface area (Å²) in [6.07, 6.45) is 1.40. The van der Waals surface area contributed by atoms with Gasteiger partial charge >= 0.3 is 6.03 Å². The van der Waals surface area contributed by atoms with Crippen molar-refractivity contribution in [3.63, 3.8) is 0 Å². The first-order valence-corrected chi connectivity index (χ1v) is 11.6. The number of urea groups is 1. The zero-order chi connectivity index (χ0) is 24.4. The number of ether oxygens (including phenoxy) is 1. The van der Waals surface area contributed by atoms with E-state index < -0.39 is 17.8 Å². The summed E-state index contributed by atoms with van der Waals surface area (Å²) in [6, 6.07) is 16.4. The van der Waals surface area contributed by atoms with Crippen molar-refractivity contribution in [1.29, 1.82) is 0 Å². The lowest BCUT2D eigenvalue weighted by molar-refractivity contribution is -0.122. The number of benzene rings is 3. The van der Waals surface area contributed by atoms with Crippen molar-refractivity contribution in [2.45, 2.75) is 13.5 Å². The Labute approximate surface area is 214 Å². The summed E-state index contributed by atoms with van der Waals surface area (Å²) in [5, 5.41) is 3.22. The number of barbiturate groups is 1. The zero-order valence-electron chi connectivity index (χ0n) is 17.8. The molecular formula is C25H17BrCl2N2O4. The monoisotopic (exact) mass is 558 g/mol. The Kier molecular flexibility index (Phi) is 7.07. The fraction of sp³-hybridized carbons (Fsp3) is 0.0800. The molecule has 1 aliphatic rings. The molecule has 4 rings (SSSR count). The second-order valence-electron chi connectivity index (χ2n) is 7.49. The van der Waals surface area contributed by atoms with Gasteiger partial charge in [-0.05, 0) is 66.6 Å². The van der Waals surface area contributed by atoms with E-state index in [2.05, 4.69) is 21.2 Å². The number of rotatable bonds is 5. The van der Waals surface area contributed by atoms with Crippen LogP contribution in [0.15, 0.2) is 70.7 Å². The molecule has 1 N–H and O–H groups in total. The summed E-state index contributed by atoms with van der Waals surface area (Å²) in [6.45, 7) is 2.06. The smallest absolute Gasteiger partial charge is 0.335 e. The first-order valence-electron chi connectivity index (χ1n) is 10.1. The molecule has 1 saturated heterocycles. The highest BCUT2D eigenvalue weighted by molar-refractivity contribution is 9.10. The number of carbonyl (C=O) groups excluding carboxylic acids is 3. The molecule has 0 atom stereocenters. The lowest BCUT2D eigenvalue weighted by Gasteiger charge is -2.26. The number of imide groups is 2. The van der Waals surface area contributed by atoms with Crippen LogP contribution in [0.25, 0.3) is 6.08 Å². The maximum Gasteiger partial charge on any atom is 0.335 e. The Morgan fingerprint density at radius 2 is 1.74 bits per heavy atom. The van der Waals surface area contributed by atoms with Crippen LogP contribution in [-0.2, 0) is 16.2 Å². The average molecular weight is 560 g/mol. The second kappa shape index (κ2) is 10.0.